The predicted molar refractivity (Wildman–Crippen MR) is 73.5 cm³/mol. The molecule has 120 valence electrons. The quantitative estimate of drug-likeness (QED) is 0.829. The first-order valence-electron chi connectivity index (χ1n) is 6.61. The smallest absolute Gasteiger partial charge is 0.391 e. The molecule has 3 N–H and O–H groups in total. The molecule has 0 bridgehead atoms. The van der Waals surface area contributed by atoms with Gasteiger partial charge in [0.1, 0.15) is 5.82 Å². The summed E-state index contributed by atoms with van der Waals surface area (Å²) in [4.78, 5) is 0. The number of aliphatic hydroxyl groups is 1. The van der Waals surface area contributed by atoms with Gasteiger partial charge < -0.3 is 10.8 Å². The van der Waals surface area contributed by atoms with Crippen molar-refractivity contribution < 1.29 is 22.7 Å². The first kappa shape index (κ1) is 18.2. The SMILES string of the molecule is Cl.N[C@H](c1cc(F)ccc1C(F)(F)F)[C@@H](O)C1CCCC1. The van der Waals surface area contributed by atoms with E-state index >= 15 is 0 Å². The van der Waals surface area contributed by atoms with E-state index in [1.807, 2.05) is 0 Å². The second-order valence-corrected chi connectivity index (χ2v) is 5.29. The molecule has 0 saturated heterocycles. The number of benzene rings is 1. The third kappa shape index (κ3) is 4.08. The van der Waals surface area contributed by atoms with E-state index < -0.39 is 29.7 Å². The van der Waals surface area contributed by atoms with Crippen LogP contribution in [0.4, 0.5) is 17.6 Å². The molecule has 0 aromatic heterocycles. The van der Waals surface area contributed by atoms with E-state index in [0.717, 1.165) is 37.8 Å². The summed E-state index contributed by atoms with van der Waals surface area (Å²) in [5.41, 5.74) is 4.41. The second kappa shape index (κ2) is 6.94. The Kier molecular flexibility index (Phi) is 6.01. The minimum Gasteiger partial charge on any atom is -0.391 e. The Labute approximate surface area is 126 Å². The highest BCUT2D eigenvalue weighted by Crippen LogP contribution is 2.38. The molecule has 0 spiro atoms. The van der Waals surface area contributed by atoms with Crippen LogP contribution in [0, 0.1) is 11.7 Å². The number of aliphatic hydroxyl groups excluding tert-OH is 1. The molecule has 0 amide bonds. The lowest BCUT2D eigenvalue weighted by molar-refractivity contribution is -0.138. The Hall–Kier alpha value is -0.850. The van der Waals surface area contributed by atoms with E-state index in [0.29, 0.717) is 6.07 Å². The zero-order chi connectivity index (χ0) is 14.9. The highest BCUT2D eigenvalue weighted by molar-refractivity contribution is 5.85. The van der Waals surface area contributed by atoms with Crippen LogP contribution >= 0.6 is 12.4 Å². The van der Waals surface area contributed by atoms with Crippen molar-refractivity contribution in [1.82, 2.24) is 0 Å². The molecular weight excluding hydrogens is 310 g/mol. The van der Waals surface area contributed by atoms with Crippen molar-refractivity contribution in [1.29, 1.82) is 0 Å². The van der Waals surface area contributed by atoms with E-state index in [9.17, 15) is 22.7 Å². The largest absolute Gasteiger partial charge is 0.416 e. The van der Waals surface area contributed by atoms with Crippen LogP contribution in [0.5, 0.6) is 0 Å². The van der Waals surface area contributed by atoms with Gasteiger partial charge in [0.25, 0.3) is 0 Å². The molecule has 2 rings (SSSR count). The van der Waals surface area contributed by atoms with Crippen LogP contribution in [0.25, 0.3) is 0 Å². The molecule has 0 aliphatic heterocycles. The van der Waals surface area contributed by atoms with Crippen LogP contribution in [0.2, 0.25) is 0 Å². The number of hydrogen-bond acceptors (Lipinski definition) is 2. The van der Waals surface area contributed by atoms with Gasteiger partial charge >= 0.3 is 6.18 Å². The summed E-state index contributed by atoms with van der Waals surface area (Å²) in [6.07, 6.45) is -2.35. The van der Waals surface area contributed by atoms with Crippen molar-refractivity contribution in [3.05, 3.63) is 35.1 Å². The van der Waals surface area contributed by atoms with Gasteiger partial charge in [0.15, 0.2) is 0 Å². The topological polar surface area (TPSA) is 46.2 Å². The summed E-state index contributed by atoms with van der Waals surface area (Å²) in [6.45, 7) is 0. The van der Waals surface area contributed by atoms with Gasteiger partial charge in [-0.1, -0.05) is 12.8 Å². The van der Waals surface area contributed by atoms with Gasteiger partial charge in [0.2, 0.25) is 0 Å². The lowest BCUT2D eigenvalue weighted by Gasteiger charge is -2.26. The van der Waals surface area contributed by atoms with E-state index in [4.69, 9.17) is 5.73 Å². The van der Waals surface area contributed by atoms with Crippen LogP contribution in [0.15, 0.2) is 18.2 Å². The molecule has 2 atom stereocenters. The minimum absolute atomic E-state index is 0. The fourth-order valence-corrected chi connectivity index (χ4v) is 2.84. The van der Waals surface area contributed by atoms with E-state index in [1.165, 1.54) is 0 Å². The molecule has 2 nitrogen and oxygen atoms in total. The zero-order valence-corrected chi connectivity index (χ0v) is 12.1. The maximum Gasteiger partial charge on any atom is 0.416 e. The van der Waals surface area contributed by atoms with Gasteiger partial charge in [0.05, 0.1) is 17.7 Å². The summed E-state index contributed by atoms with van der Waals surface area (Å²) < 4.78 is 52.0. The maximum atomic E-state index is 13.2. The molecule has 1 aromatic rings. The van der Waals surface area contributed by atoms with Crippen molar-refractivity contribution in [3.8, 4) is 0 Å². The molecule has 0 unspecified atom stereocenters. The maximum absolute atomic E-state index is 13.2. The number of halogens is 5. The first-order chi connectivity index (χ1) is 9.30. The molecule has 0 radical (unpaired) electrons. The highest BCUT2D eigenvalue weighted by atomic mass is 35.5. The van der Waals surface area contributed by atoms with Gasteiger partial charge in [0, 0.05) is 0 Å². The average molecular weight is 328 g/mol. The fraction of sp³-hybridized carbons (Fsp3) is 0.571. The van der Waals surface area contributed by atoms with Crippen molar-refractivity contribution in [2.45, 2.75) is 44.0 Å². The standard InChI is InChI=1S/C14H17F4NO.ClH/c15-9-5-6-11(14(16,17)18)10(7-9)12(19)13(20)8-3-1-2-4-8;/h5-8,12-13,20H,1-4,19H2;1H/t12-,13+;/m1./s1. The number of rotatable bonds is 3. The van der Waals surface area contributed by atoms with Gasteiger partial charge in [-0.3, -0.25) is 0 Å². The lowest BCUT2D eigenvalue weighted by Crippen LogP contribution is -2.33. The first-order valence-corrected chi connectivity index (χ1v) is 6.61. The van der Waals surface area contributed by atoms with E-state index in [-0.39, 0.29) is 23.9 Å². The fourth-order valence-electron chi connectivity index (χ4n) is 2.84. The predicted octanol–water partition coefficient (Wildman–Crippen LogP) is 3.82. The summed E-state index contributed by atoms with van der Waals surface area (Å²) in [7, 11) is 0. The van der Waals surface area contributed by atoms with Crippen molar-refractivity contribution in [2.75, 3.05) is 0 Å². The van der Waals surface area contributed by atoms with Gasteiger partial charge in [-0.15, -0.1) is 12.4 Å². The summed E-state index contributed by atoms with van der Waals surface area (Å²) >= 11 is 0. The Bertz CT molecular complexity index is 475. The summed E-state index contributed by atoms with van der Waals surface area (Å²) in [5.74, 6) is -0.906. The van der Waals surface area contributed by atoms with Gasteiger partial charge in [-0.05, 0) is 42.5 Å². The second-order valence-electron chi connectivity index (χ2n) is 5.29. The number of hydrogen-bond donors (Lipinski definition) is 2. The molecular formula is C14H18ClF4NO. The van der Waals surface area contributed by atoms with Gasteiger partial charge in [-0.25, -0.2) is 4.39 Å². The van der Waals surface area contributed by atoms with Crippen LogP contribution in [0.3, 0.4) is 0 Å². The molecule has 7 heteroatoms. The normalized spacial score (nSPS) is 19.1. The Morgan fingerprint density at radius 1 is 1.19 bits per heavy atom. The molecule has 1 aliphatic carbocycles. The summed E-state index contributed by atoms with van der Waals surface area (Å²) in [6, 6.07) is 0.962. The molecule has 21 heavy (non-hydrogen) atoms. The van der Waals surface area contributed by atoms with Crippen LogP contribution in [-0.2, 0) is 6.18 Å². The minimum atomic E-state index is -4.62. The van der Waals surface area contributed by atoms with Crippen LogP contribution < -0.4 is 5.73 Å². The highest BCUT2D eigenvalue weighted by Gasteiger charge is 2.38. The molecule has 1 saturated carbocycles. The third-order valence-electron chi connectivity index (χ3n) is 3.93. The van der Waals surface area contributed by atoms with Crippen molar-refractivity contribution in [2.24, 2.45) is 11.7 Å². The van der Waals surface area contributed by atoms with Crippen molar-refractivity contribution in [3.63, 3.8) is 0 Å². The average Bonchev–Trinajstić information content (AvgIpc) is 2.89. The Balaban J connectivity index is 0.00000220. The monoisotopic (exact) mass is 327 g/mol. The molecule has 1 aliphatic rings. The van der Waals surface area contributed by atoms with E-state index in [1.54, 1.807) is 0 Å². The van der Waals surface area contributed by atoms with Crippen LogP contribution in [-0.4, -0.2) is 11.2 Å². The molecule has 1 fully saturated rings. The number of nitrogens with two attached hydrogens (primary N) is 1. The van der Waals surface area contributed by atoms with Gasteiger partial charge in [-0.2, -0.15) is 13.2 Å². The zero-order valence-electron chi connectivity index (χ0n) is 11.2. The molecule has 0 heterocycles. The molecule has 1 aromatic carbocycles. The summed E-state index contributed by atoms with van der Waals surface area (Å²) in [5, 5.41) is 10.1. The van der Waals surface area contributed by atoms with E-state index in [2.05, 4.69) is 0 Å². The van der Waals surface area contributed by atoms with Crippen molar-refractivity contribution >= 4 is 12.4 Å². The number of alkyl halides is 3. The Morgan fingerprint density at radius 3 is 2.29 bits per heavy atom. The third-order valence-corrected chi connectivity index (χ3v) is 3.93. The van der Waals surface area contributed by atoms with Crippen LogP contribution in [0.1, 0.15) is 42.9 Å². The Morgan fingerprint density at radius 2 is 1.76 bits per heavy atom. The lowest BCUT2D eigenvalue weighted by atomic mass is 9.88.